The molecule has 0 saturated carbocycles. The van der Waals surface area contributed by atoms with Crippen molar-refractivity contribution in [1.29, 1.82) is 0 Å². The van der Waals surface area contributed by atoms with E-state index < -0.39 is 21.8 Å². The van der Waals surface area contributed by atoms with E-state index in [0.717, 1.165) is 23.7 Å². The minimum absolute atomic E-state index is 0.171. The highest BCUT2D eigenvalue weighted by molar-refractivity contribution is 7.92. The third kappa shape index (κ3) is 3.78. The van der Waals surface area contributed by atoms with Crippen LogP contribution in [0.4, 0.5) is 10.3 Å². The van der Waals surface area contributed by atoms with Crippen LogP contribution in [0.5, 0.6) is 0 Å². The quantitative estimate of drug-likeness (QED) is 0.696. The molecule has 0 atom stereocenters. The number of nitrogens with one attached hydrogen (secondary N) is 1. The second kappa shape index (κ2) is 6.53. The van der Waals surface area contributed by atoms with Gasteiger partial charge in [-0.05, 0) is 24.3 Å². The molecule has 2 heterocycles. The molecule has 0 unspecified atom stereocenters. The van der Waals surface area contributed by atoms with Gasteiger partial charge in [0, 0.05) is 23.3 Å². The van der Waals surface area contributed by atoms with Gasteiger partial charge in [0.2, 0.25) is 5.95 Å². The van der Waals surface area contributed by atoms with Gasteiger partial charge in [0.25, 0.3) is 10.0 Å². The zero-order chi connectivity index (χ0) is 18.0. The zero-order valence-corrected chi connectivity index (χ0v) is 13.9. The summed E-state index contributed by atoms with van der Waals surface area (Å²) in [5.41, 5.74) is 0.408. The lowest BCUT2D eigenvalue weighted by Crippen LogP contribution is -2.15. The van der Waals surface area contributed by atoms with Crippen LogP contribution < -0.4 is 4.72 Å². The molecular formula is C14H9FN4O4S2. The maximum Gasteiger partial charge on any atom is 0.338 e. The molecule has 25 heavy (non-hydrogen) atoms. The Morgan fingerprint density at radius 1 is 1.16 bits per heavy atom. The fourth-order valence-electron chi connectivity index (χ4n) is 1.77. The first-order chi connectivity index (χ1) is 11.8. The van der Waals surface area contributed by atoms with Crippen LogP contribution in [0.25, 0.3) is 10.6 Å². The third-order valence-electron chi connectivity index (χ3n) is 2.97. The molecule has 11 heteroatoms. The van der Waals surface area contributed by atoms with E-state index in [1.807, 2.05) is 0 Å². The number of halogens is 1. The topological polar surface area (TPSA) is 122 Å². The van der Waals surface area contributed by atoms with E-state index in [4.69, 9.17) is 5.11 Å². The Bertz CT molecular complexity index is 1020. The van der Waals surface area contributed by atoms with Gasteiger partial charge >= 0.3 is 5.97 Å². The lowest BCUT2D eigenvalue weighted by molar-refractivity contribution is 0.0696. The minimum Gasteiger partial charge on any atom is -0.478 e. The fourth-order valence-corrected chi connectivity index (χ4v) is 3.83. The average molecular weight is 380 g/mol. The lowest BCUT2D eigenvalue weighted by Gasteiger charge is -2.03. The molecule has 2 N–H and O–H groups in total. The molecule has 0 bridgehead atoms. The van der Waals surface area contributed by atoms with Gasteiger partial charge in [-0.25, -0.2) is 28.9 Å². The van der Waals surface area contributed by atoms with Crippen LogP contribution in [0.15, 0.2) is 47.1 Å². The molecule has 8 nitrogen and oxygen atoms in total. The van der Waals surface area contributed by atoms with Crippen molar-refractivity contribution in [2.24, 2.45) is 0 Å². The van der Waals surface area contributed by atoms with Gasteiger partial charge < -0.3 is 5.11 Å². The summed E-state index contributed by atoms with van der Waals surface area (Å²) in [6.45, 7) is 0. The molecule has 0 aliphatic rings. The van der Waals surface area contributed by atoms with Crippen LogP contribution in [0.3, 0.4) is 0 Å². The van der Waals surface area contributed by atoms with Gasteiger partial charge in [-0.3, -0.25) is 0 Å². The summed E-state index contributed by atoms with van der Waals surface area (Å²) in [7, 11) is -4.04. The Hall–Kier alpha value is -2.92. The Morgan fingerprint density at radius 2 is 1.80 bits per heavy atom. The van der Waals surface area contributed by atoms with E-state index in [9.17, 15) is 17.6 Å². The molecule has 3 rings (SSSR count). The normalized spacial score (nSPS) is 11.2. The number of aromatic nitrogens is 3. The summed E-state index contributed by atoms with van der Waals surface area (Å²) in [5.74, 6) is -1.91. The lowest BCUT2D eigenvalue weighted by atomic mass is 10.2. The largest absolute Gasteiger partial charge is 0.478 e. The third-order valence-corrected chi connectivity index (χ3v) is 5.23. The van der Waals surface area contributed by atoms with Gasteiger partial charge in [-0.1, -0.05) is 0 Å². The van der Waals surface area contributed by atoms with Crippen molar-refractivity contribution in [3.05, 3.63) is 53.4 Å². The summed E-state index contributed by atoms with van der Waals surface area (Å²) in [6.07, 6.45) is 1.97. The molecule has 0 fully saturated rings. The monoisotopic (exact) mass is 380 g/mol. The standard InChI is InChI=1S/C14H9FN4O4S2/c15-10-3-1-8(2-4-10)12-18-11(7-24-12)25(22,23)19-14-16-5-9(6-17-14)13(20)21/h1-7H,(H,20,21)(H,16,17,19). The smallest absolute Gasteiger partial charge is 0.338 e. The summed E-state index contributed by atoms with van der Waals surface area (Å²) in [5, 5.41) is 10.2. The second-order valence-electron chi connectivity index (χ2n) is 4.70. The van der Waals surface area contributed by atoms with Crippen molar-refractivity contribution in [1.82, 2.24) is 15.0 Å². The number of anilines is 1. The van der Waals surface area contributed by atoms with Gasteiger partial charge in [0.1, 0.15) is 10.8 Å². The molecule has 0 aliphatic heterocycles. The van der Waals surface area contributed by atoms with Crippen LogP contribution in [0.1, 0.15) is 10.4 Å². The Balaban J connectivity index is 1.83. The van der Waals surface area contributed by atoms with E-state index in [-0.39, 0.29) is 16.5 Å². The number of carboxylic acids is 1. The van der Waals surface area contributed by atoms with E-state index in [2.05, 4.69) is 19.7 Å². The van der Waals surface area contributed by atoms with Crippen molar-refractivity contribution in [2.45, 2.75) is 5.03 Å². The highest BCUT2D eigenvalue weighted by Crippen LogP contribution is 2.26. The fraction of sp³-hybridized carbons (Fsp3) is 0. The van der Waals surface area contributed by atoms with Gasteiger partial charge in [-0.2, -0.15) is 8.42 Å². The molecule has 0 spiro atoms. The number of rotatable bonds is 5. The summed E-state index contributed by atoms with van der Waals surface area (Å²) in [4.78, 5) is 22.0. The van der Waals surface area contributed by atoms with E-state index >= 15 is 0 Å². The first-order valence-electron chi connectivity index (χ1n) is 6.65. The second-order valence-corrected chi connectivity index (χ2v) is 7.19. The van der Waals surface area contributed by atoms with Crippen LogP contribution >= 0.6 is 11.3 Å². The van der Waals surface area contributed by atoms with Gasteiger partial charge in [0.05, 0.1) is 5.56 Å². The van der Waals surface area contributed by atoms with Gasteiger partial charge in [0.15, 0.2) is 5.03 Å². The number of hydrogen-bond acceptors (Lipinski definition) is 7. The summed E-state index contributed by atoms with van der Waals surface area (Å²) < 4.78 is 39.7. The maximum absolute atomic E-state index is 12.9. The van der Waals surface area contributed by atoms with E-state index in [0.29, 0.717) is 10.6 Å². The predicted molar refractivity (Wildman–Crippen MR) is 87.3 cm³/mol. The van der Waals surface area contributed by atoms with Crippen LogP contribution in [-0.4, -0.2) is 34.4 Å². The van der Waals surface area contributed by atoms with Gasteiger partial charge in [-0.15, -0.1) is 11.3 Å². The van der Waals surface area contributed by atoms with Crippen molar-refractivity contribution in [2.75, 3.05) is 4.72 Å². The predicted octanol–water partition coefficient (Wildman–Crippen LogP) is 2.24. The first kappa shape index (κ1) is 16.9. The highest BCUT2D eigenvalue weighted by atomic mass is 32.2. The number of carbonyl (C=O) groups is 1. The Morgan fingerprint density at radius 3 is 2.40 bits per heavy atom. The van der Waals surface area contributed by atoms with E-state index in [1.54, 1.807) is 0 Å². The first-order valence-corrected chi connectivity index (χ1v) is 9.01. The van der Waals surface area contributed by atoms with Crippen LogP contribution in [-0.2, 0) is 10.0 Å². The molecule has 128 valence electrons. The number of sulfonamides is 1. The summed E-state index contributed by atoms with van der Waals surface area (Å²) in [6, 6.07) is 5.49. The number of hydrogen-bond donors (Lipinski definition) is 2. The zero-order valence-electron chi connectivity index (χ0n) is 12.2. The molecule has 0 aliphatic carbocycles. The Kier molecular flexibility index (Phi) is 4.42. The average Bonchev–Trinajstić information content (AvgIpc) is 3.06. The highest BCUT2D eigenvalue weighted by Gasteiger charge is 2.20. The van der Waals surface area contributed by atoms with Crippen LogP contribution in [0, 0.1) is 5.82 Å². The number of thiazole rings is 1. The number of aromatic carboxylic acids is 1. The number of benzene rings is 1. The van der Waals surface area contributed by atoms with E-state index in [1.165, 1.54) is 29.6 Å². The van der Waals surface area contributed by atoms with Crippen molar-refractivity contribution < 1.29 is 22.7 Å². The molecule has 1 aromatic carbocycles. The minimum atomic E-state index is -4.04. The molecule has 2 aromatic heterocycles. The summed E-state index contributed by atoms with van der Waals surface area (Å²) >= 11 is 1.08. The van der Waals surface area contributed by atoms with Crippen LogP contribution in [0.2, 0.25) is 0 Å². The molecule has 0 radical (unpaired) electrons. The van der Waals surface area contributed by atoms with Crippen molar-refractivity contribution >= 4 is 33.3 Å². The molecule has 0 amide bonds. The molecule has 3 aromatic rings. The maximum atomic E-state index is 12.9. The SMILES string of the molecule is O=C(O)c1cnc(NS(=O)(=O)c2csc(-c3ccc(F)cc3)n2)nc1. The molecule has 0 saturated heterocycles. The number of nitrogens with zero attached hydrogens (tertiary/aromatic N) is 3. The van der Waals surface area contributed by atoms with Crippen molar-refractivity contribution in [3.8, 4) is 10.6 Å². The van der Waals surface area contributed by atoms with Crippen molar-refractivity contribution in [3.63, 3.8) is 0 Å². The molecular weight excluding hydrogens is 371 g/mol. The Labute approximate surface area is 145 Å². The number of carboxylic acid groups (broad SMARTS) is 1.